The van der Waals surface area contributed by atoms with E-state index < -0.39 is 5.97 Å². The summed E-state index contributed by atoms with van der Waals surface area (Å²) in [6, 6.07) is 20.0. The summed E-state index contributed by atoms with van der Waals surface area (Å²) in [5.74, 6) is -1.63. The Bertz CT molecular complexity index is 1190. The van der Waals surface area contributed by atoms with E-state index in [1.807, 2.05) is 30.5 Å². The predicted octanol–water partition coefficient (Wildman–Crippen LogP) is 6.05. The average Bonchev–Trinajstić information content (AvgIpc) is 3.13. The Balaban J connectivity index is 1.85. The van der Waals surface area contributed by atoms with Crippen LogP contribution in [0.4, 0.5) is 8.78 Å². The number of rotatable bonds is 5. The van der Waals surface area contributed by atoms with Gasteiger partial charge in [0.25, 0.3) is 0 Å². The number of hydrogen-bond acceptors (Lipinski definition) is 1. The standard InChI is InChI=1S/C25H19F2NO2/c1-16(14-24(29)30)19-6-11-23-20(15-19)12-13-28(23)25(17-2-7-21(26)8-3-17)18-4-9-22(27)10-5-18/h2-15,25H,1H3,(H,29,30)/b16-14+. The lowest BCUT2D eigenvalue weighted by molar-refractivity contribution is -0.131. The van der Waals surface area contributed by atoms with E-state index in [1.165, 1.54) is 30.3 Å². The number of allylic oxidation sites excluding steroid dienone is 1. The summed E-state index contributed by atoms with van der Waals surface area (Å²) in [5, 5.41) is 9.94. The SMILES string of the molecule is C/C(=C\C(=O)O)c1ccc2c(ccn2C(c2ccc(F)cc2)c2ccc(F)cc2)c1. The molecule has 0 fully saturated rings. The fourth-order valence-corrected chi connectivity index (χ4v) is 3.71. The molecule has 4 rings (SSSR count). The van der Waals surface area contributed by atoms with Crippen molar-refractivity contribution in [1.82, 2.24) is 4.57 Å². The van der Waals surface area contributed by atoms with Gasteiger partial charge in [-0.3, -0.25) is 0 Å². The first-order valence-electron chi connectivity index (χ1n) is 9.45. The summed E-state index contributed by atoms with van der Waals surface area (Å²) in [4.78, 5) is 11.0. The van der Waals surface area contributed by atoms with Crippen LogP contribution in [0.15, 0.2) is 85.1 Å². The van der Waals surface area contributed by atoms with Gasteiger partial charge >= 0.3 is 5.97 Å². The zero-order valence-electron chi connectivity index (χ0n) is 16.2. The molecule has 1 aromatic heterocycles. The van der Waals surface area contributed by atoms with Gasteiger partial charge in [-0.1, -0.05) is 30.3 Å². The first-order valence-corrected chi connectivity index (χ1v) is 9.45. The molecule has 1 N–H and O–H groups in total. The molecule has 0 saturated heterocycles. The van der Waals surface area contributed by atoms with Gasteiger partial charge in [0.05, 0.1) is 6.04 Å². The highest BCUT2D eigenvalue weighted by molar-refractivity contribution is 5.92. The first-order chi connectivity index (χ1) is 14.4. The van der Waals surface area contributed by atoms with Crippen molar-refractivity contribution in [3.8, 4) is 0 Å². The van der Waals surface area contributed by atoms with Crippen LogP contribution in [-0.4, -0.2) is 15.6 Å². The molecule has 0 unspecified atom stereocenters. The van der Waals surface area contributed by atoms with Gasteiger partial charge in [0.1, 0.15) is 11.6 Å². The largest absolute Gasteiger partial charge is 0.478 e. The predicted molar refractivity (Wildman–Crippen MR) is 113 cm³/mol. The summed E-state index contributed by atoms with van der Waals surface area (Å²) in [5.41, 5.74) is 4.15. The third kappa shape index (κ3) is 3.87. The van der Waals surface area contributed by atoms with Crippen LogP contribution in [0.3, 0.4) is 0 Å². The number of nitrogens with zero attached hydrogens (tertiary/aromatic N) is 1. The Hall–Kier alpha value is -3.73. The molecule has 0 bridgehead atoms. The smallest absolute Gasteiger partial charge is 0.328 e. The highest BCUT2D eigenvalue weighted by Gasteiger charge is 2.18. The van der Waals surface area contributed by atoms with Crippen LogP contribution in [0.1, 0.15) is 29.7 Å². The molecule has 0 atom stereocenters. The lowest BCUT2D eigenvalue weighted by Gasteiger charge is -2.22. The van der Waals surface area contributed by atoms with Crippen molar-refractivity contribution in [3.63, 3.8) is 0 Å². The second-order valence-electron chi connectivity index (χ2n) is 7.17. The minimum absolute atomic E-state index is 0.273. The molecule has 150 valence electrons. The Morgan fingerprint density at radius 2 is 1.47 bits per heavy atom. The molecule has 0 radical (unpaired) electrons. The van der Waals surface area contributed by atoms with Crippen LogP contribution < -0.4 is 0 Å². The first kappa shape index (κ1) is 19.6. The van der Waals surface area contributed by atoms with Crippen LogP contribution in [0.5, 0.6) is 0 Å². The third-order valence-corrected chi connectivity index (χ3v) is 5.17. The van der Waals surface area contributed by atoms with Gasteiger partial charge in [0, 0.05) is 23.2 Å². The minimum Gasteiger partial charge on any atom is -0.478 e. The maximum Gasteiger partial charge on any atom is 0.328 e. The van der Waals surface area contributed by atoms with Crippen molar-refractivity contribution < 1.29 is 18.7 Å². The molecule has 0 aliphatic heterocycles. The molecular formula is C25H19F2NO2. The van der Waals surface area contributed by atoms with Crippen LogP contribution in [-0.2, 0) is 4.79 Å². The second kappa shape index (κ2) is 7.95. The summed E-state index contributed by atoms with van der Waals surface area (Å²) in [6.45, 7) is 1.76. The maximum absolute atomic E-state index is 13.5. The van der Waals surface area contributed by atoms with Gasteiger partial charge in [-0.2, -0.15) is 0 Å². The van der Waals surface area contributed by atoms with E-state index in [4.69, 9.17) is 5.11 Å². The van der Waals surface area contributed by atoms with Gasteiger partial charge in [0.15, 0.2) is 0 Å². The van der Waals surface area contributed by atoms with Gasteiger partial charge in [0.2, 0.25) is 0 Å². The van der Waals surface area contributed by atoms with Crippen molar-refractivity contribution in [2.24, 2.45) is 0 Å². The number of carboxylic acids is 1. The fourth-order valence-electron chi connectivity index (χ4n) is 3.71. The Labute approximate surface area is 172 Å². The molecule has 30 heavy (non-hydrogen) atoms. The molecule has 5 heteroatoms. The maximum atomic E-state index is 13.5. The third-order valence-electron chi connectivity index (χ3n) is 5.17. The molecular weight excluding hydrogens is 384 g/mol. The number of halogens is 2. The highest BCUT2D eigenvalue weighted by Crippen LogP contribution is 2.32. The van der Waals surface area contributed by atoms with E-state index in [1.54, 1.807) is 31.2 Å². The number of benzene rings is 3. The molecule has 4 aromatic rings. The number of fused-ring (bicyclic) bond motifs is 1. The highest BCUT2D eigenvalue weighted by atomic mass is 19.1. The molecule has 3 aromatic carbocycles. The zero-order chi connectivity index (χ0) is 21.3. The van der Waals surface area contributed by atoms with Crippen molar-refractivity contribution in [2.75, 3.05) is 0 Å². The molecule has 0 amide bonds. The van der Waals surface area contributed by atoms with Crippen LogP contribution in [0.25, 0.3) is 16.5 Å². The van der Waals surface area contributed by atoms with E-state index in [9.17, 15) is 13.6 Å². The quantitative estimate of drug-likeness (QED) is 0.413. The molecule has 0 spiro atoms. The number of carboxylic acid groups (broad SMARTS) is 1. The van der Waals surface area contributed by atoms with Crippen molar-refractivity contribution in [1.29, 1.82) is 0 Å². The summed E-state index contributed by atoms with van der Waals surface area (Å²) >= 11 is 0. The fraction of sp³-hybridized carbons (Fsp3) is 0.0800. The van der Waals surface area contributed by atoms with Crippen molar-refractivity contribution in [2.45, 2.75) is 13.0 Å². The van der Waals surface area contributed by atoms with E-state index in [-0.39, 0.29) is 17.7 Å². The molecule has 0 aliphatic rings. The van der Waals surface area contributed by atoms with Gasteiger partial charge in [-0.05, 0) is 71.7 Å². The second-order valence-corrected chi connectivity index (χ2v) is 7.17. The topological polar surface area (TPSA) is 42.2 Å². The van der Waals surface area contributed by atoms with Gasteiger partial charge < -0.3 is 9.67 Å². The molecule has 0 aliphatic carbocycles. The molecule has 3 nitrogen and oxygen atoms in total. The van der Waals surface area contributed by atoms with E-state index >= 15 is 0 Å². The number of aromatic nitrogens is 1. The zero-order valence-corrected chi connectivity index (χ0v) is 16.2. The van der Waals surface area contributed by atoms with E-state index in [0.29, 0.717) is 5.57 Å². The van der Waals surface area contributed by atoms with Crippen molar-refractivity contribution in [3.05, 3.63) is 113 Å². The number of carbonyl (C=O) groups is 1. The lowest BCUT2D eigenvalue weighted by Crippen LogP contribution is -2.11. The van der Waals surface area contributed by atoms with E-state index in [0.717, 1.165) is 27.6 Å². The minimum atomic E-state index is -0.988. The Kier molecular flexibility index (Phi) is 5.19. The Morgan fingerprint density at radius 3 is 2.00 bits per heavy atom. The molecule has 1 heterocycles. The van der Waals surface area contributed by atoms with Crippen LogP contribution in [0.2, 0.25) is 0 Å². The number of aliphatic carboxylic acids is 1. The van der Waals surface area contributed by atoms with Crippen molar-refractivity contribution >= 4 is 22.4 Å². The summed E-state index contributed by atoms with van der Waals surface area (Å²) < 4.78 is 29.1. The van der Waals surface area contributed by atoms with Crippen LogP contribution in [0, 0.1) is 11.6 Å². The monoisotopic (exact) mass is 403 g/mol. The normalized spacial score (nSPS) is 11.9. The lowest BCUT2D eigenvalue weighted by atomic mass is 9.98. The van der Waals surface area contributed by atoms with Crippen LogP contribution >= 0.6 is 0 Å². The van der Waals surface area contributed by atoms with E-state index in [2.05, 4.69) is 4.57 Å². The summed E-state index contributed by atoms with van der Waals surface area (Å²) in [6.07, 6.45) is 3.11. The Morgan fingerprint density at radius 1 is 0.900 bits per heavy atom. The molecule has 0 saturated carbocycles. The van der Waals surface area contributed by atoms with Gasteiger partial charge in [-0.15, -0.1) is 0 Å². The number of hydrogen-bond donors (Lipinski definition) is 1. The average molecular weight is 403 g/mol. The van der Waals surface area contributed by atoms with Gasteiger partial charge in [-0.25, -0.2) is 13.6 Å². The summed E-state index contributed by atoms with van der Waals surface area (Å²) in [7, 11) is 0.